The van der Waals surface area contributed by atoms with E-state index < -0.39 is 0 Å². The Balaban J connectivity index is 1.45. The highest BCUT2D eigenvalue weighted by molar-refractivity contribution is 5.90. The number of aryl methyl sites for hydroxylation is 1. The summed E-state index contributed by atoms with van der Waals surface area (Å²) in [5, 5.41) is 7.18. The van der Waals surface area contributed by atoms with Crippen molar-refractivity contribution in [2.45, 2.75) is 32.2 Å². The third-order valence-corrected chi connectivity index (χ3v) is 3.86. The number of nitrogens with one attached hydrogen (secondary N) is 1. The SMILES string of the molecule is COc1ccc(CCC(=O)Nc2cnn(CC3CC3)c2)cc1. The Bertz CT molecular complexity index is 630. The Morgan fingerprint density at radius 3 is 2.82 bits per heavy atom. The molecule has 1 aromatic heterocycles. The minimum Gasteiger partial charge on any atom is -0.497 e. The highest BCUT2D eigenvalue weighted by Gasteiger charge is 2.22. The van der Waals surface area contributed by atoms with E-state index in [-0.39, 0.29) is 5.91 Å². The molecule has 1 fully saturated rings. The lowest BCUT2D eigenvalue weighted by Gasteiger charge is -2.04. The van der Waals surface area contributed by atoms with E-state index in [0.29, 0.717) is 12.8 Å². The summed E-state index contributed by atoms with van der Waals surface area (Å²) in [5.74, 6) is 1.62. The van der Waals surface area contributed by atoms with Crippen LogP contribution in [0.3, 0.4) is 0 Å². The van der Waals surface area contributed by atoms with E-state index in [1.54, 1.807) is 13.3 Å². The molecule has 1 saturated carbocycles. The molecular weight excluding hydrogens is 278 g/mol. The maximum Gasteiger partial charge on any atom is 0.224 e. The topological polar surface area (TPSA) is 56.1 Å². The van der Waals surface area contributed by atoms with Crippen molar-refractivity contribution in [1.29, 1.82) is 0 Å². The van der Waals surface area contributed by atoms with E-state index >= 15 is 0 Å². The highest BCUT2D eigenvalue weighted by atomic mass is 16.5. The number of carbonyl (C=O) groups excluding carboxylic acids is 1. The molecule has 0 spiro atoms. The molecule has 1 amide bonds. The van der Waals surface area contributed by atoms with Crippen LogP contribution in [0.4, 0.5) is 5.69 Å². The summed E-state index contributed by atoms with van der Waals surface area (Å²) < 4.78 is 7.03. The van der Waals surface area contributed by atoms with Gasteiger partial charge in [0.1, 0.15) is 5.75 Å². The summed E-state index contributed by atoms with van der Waals surface area (Å²) in [4.78, 5) is 12.0. The quantitative estimate of drug-likeness (QED) is 0.855. The van der Waals surface area contributed by atoms with Gasteiger partial charge < -0.3 is 10.1 Å². The summed E-state index contributed by atoms with van der Waals surface area (Å²) in [6.07, 6.45) is 7.39. The van der Waals surface area contributed by atoms with Crippen molar-refractivity contribution in [2.75, 3.05) is 12.4 Å². The second-order valence-corrected chi connectivity index (χ2v) is 5.79. The maximum atomic E-state index is 12.0. The molecule has 0 radical (unpaired) electrons. The van der Waals surface area contributed by atoms with Crippen molar-refractivity contribution in [3.05, 3.63) is 42.2 Å². The van der Waals surface area contributed by atoms with Crippen molar-refractivity contribution in [1.82, 2.24) is 9.78 Å². The molecular formula is C17H21N3O2. The van der Waals surface area contributed by atoms with Gasteiger partial charge in [-0.15, -0.1) is 0 Å². The number of rotatable bonds is 7. The molecule has 0 aliphatic heterocycles. The minimum atomic E-state index is 0.0155. The van der Waals surface area contributed by atoms with Crippen molar-refractivity contribution in [3.8, 4) is 5.75 Å². The molecule has 2 aromatic rings. The number of methoxy groups -OCH3 is 1. The Kier molecular flexibility index (Phi) is 4.42. The van der Waals surface area contributed by atoms with Crippen LogP contribution < -0.4 is 10.1 Å². The Morgan fingerprint density at radius 2 is 2.14 bits per heavy atom. The Labute approximate surface area is 130 Å². The maximum absolute atomic E-state index is 12.0. The van der Waals surface area contributed by atoms with E-state index in [1.807, 2.05) is 35.1 Å². The number of carbonyl (C=O) groups is 1. The monoisotopic (exact) mass is 299 g/mol. The lowest BCUT2D eigenvalue weighted by atomic mass is 10.1. The molecule has 22 heavy (non-hydrogen) atoms. The molecule has 3 rings (SSSR count). The van der Waals surface area contributed by atoms with Crippen molar-refractivity contribution in [3.63, 3.8) is 0 Å². The molecule has 0 saturated heterocycles. The first-order valence-electron chi connectivity index (χ1n) is 7.68. The molecule has 5 nitrogen and oxygen atoms in total. The van der Waals surface area contributed by atoms with E-state index in [1.165, 1.54) is 12.8 Å². The fourth-order valence-electron chi connectivity index (χ4n) is 2.37. The van der Waals surface area contributed by atoms with Crippen molar-refractivity contribution >= 4 is 11.6 Å². The molecule has 1 aliphatic rings. The van der Waals surface area contributed by atoms with E-state index in [9.17, 15) is 4.79 Å². The van der Waals surface area contributed by atoms with Gasteiger partial charge in [0.2, 0.25) is 5.91 Å². The number of aromatic nitrogens is 2. The van der Waals surface area contributed by atoms with Crippen molar-refractivity contribution in [2.24, 2.45) is 5.92 Å². The molecule has 1 aliphatic carbocycles. The summed E-state index contributed by atoms with van der Waals surface area (Å²) in [6, 6.07) is 7.80. The average Bonchev–Trinajstić information content (AvgIpc) is 3.24. The molecule has 0 bridgehead atoms. The lowest BCUT2D eigenvalue weighted by Crippen LogP contribution is -2.11. The van der Waals surface area contributed by atoms with Gasteiger partial charge in [0.15, 0.2) is 0 Å². The second-order valence-electron chi connectivity index (χ2n) is 5.79. The van der Waals surface area contributed by atoms with Crippen LogP contribution in [0.2, 0.25) is 0 Å². The van der Waals surface area contributed by atoms with Gasteiger partial charge in [-0.05, 0) is 42.9 Å². The summed E-state index contributed by atoms with van der Waals surface area (Å²) in [6.45, 7) is 0.960. The third-order valence-electron chi connectivity index (χ3n) is 3.86. The van der Waals surface area contributed by atoms with E-state index in [2.05, 4.69) is 10.4 Å². The molecule has 1 N–H and O–H groups in total. The first-order chi connectivity index (χ1) is 10.7. The fourth-order valence-corrected chi connectivity index (χ4v) is 2.37. The third kappa shape index (κ3) is 4.10. The highest BCUT2D eigenvalue weighted by Crippen LogP contribution is 2.30. The Hall–Kier alpha value is -2.30. The number of anilines is 1. The van der Waals surface area contributed by atoms with Crippen LogP contribution in [0.1, 0.15) is 24.8 Å². The molecule has 5 heteroatoms. The van der Waals surface area contributed by atoms with Gasteiger partial charge in [-0.25, -0.2) is 0 Å². The first-order valence-corrected chi connectivity index (χ1v) is 7.68. The second kappa shape index (κ2) is 6.64. The van der Waals surface area contributed by atoms with Crippen LogP contribution >= 0.6 is 0 Å². The van der Waals surface area contributed by atoms with Gasteiger partial charge in [-0.2, -0.15) is 5.10 Å². The van der Waals surface area contributed by atoms with Crippen LogP contribution in [-0.4, -0.2) is 22.8 Å². The van der Waals surface area contributed by atoms with Gasteiger partial charge in [0.05, 0.1) is 19.0 Å². The smallest absolute Gasteiger partial charge is 0.224 e. The number of hydrogen-bond acceptors (Lipinski definition) is 3. The molecule has 0 unspecified atom stereocenters. The summed E-state index contributed by atoms with van der Waals surface area (Å²) in [5.41, 5.74) is 1.90. The number of amides is 1. The largest absolute Gasteiger partial charge is 0.497 e. The van der Waals surface area contributed by atoms with Crippen LogP contribution in [0, 0.1) is 5.92 Å². The number of hydrogen-bond donors (Lipinski definition) is 1. The molecule has 1 aromatic carbocycles. The number of ether oxygens (including phenoxy) is 1. The first kappa shape index (κ1) is 14.6. The Morgan fingerprint density at radius 1 is 1.36 bits per heavy atom. The average molecular weight is 299 g/mol. The zero-order valence-corrected chi connectivity index (χ0v) is 12.8. The fraction of sp³-hybridized carbons (Fsp3) is 0.412. The van der Waals surface area contributed by atoms with Gasteiger partial charge in [0, 0.05) is 19.2 Å². The predicted molar refractivity (Wildman–Crippen MR) is 84.9 cm³/mol. The number of nitrogens with zero attached hydrogens (tertiary/aromatic N) is 2. The lowest BCUT2D eigenvalue weighted by molar-refractivity contribution is -0.116. The summed E-state index contributed by atoms with van der Waals surface area (Å²) >= 11 is 0. The van der Waals surface area contributed by atoms with Crippen molar-refractivity contribution < 1.29 is 9.53 Å². The molecule has 116 valence electrons. The minimum absolute atomic E-state index is 0.0155. The van der Waals surface area contributed by atoms with E-state index in [4.69, 9.17) is 4.74 Å². The zero-order chi connectivity index (χ0) is 15.4. The van der Waals surface area contributed by atoms with Gasteiger partial charge >= 0.3 is 0 Å². The predicted octanol–water partition coefficient (Wildman–Crippen LogP) is 2.87. The van der Waals surface area contributed by atoms with Crippen LogP contribution in [0.15, 0.2) is 36.7 Å². The molecule has 1 heterocycles. The van der Waals surface area contributed by atoms with Crippen LogP contribution in [0.5, 0.6) is 5.75 Å². The zero-order valence-electron chi connectivity index (χ0n) is 12.8. The van der Waals surface area contributed by atoms with Gasteiger partial charge in [0.25, 0.3) is 0 Å². The standard InChI is InChI=1S/C17H21N3O2/c1-22-16-7-4-13(5-8-16)6-9-17(21)19-15-10-18-20(12-15)11-14-2-3-14/h4-5,7-8,10,12,14H,2-3,6,9,11H2,1H3,(H,19,21). The van der Waals surface area contributed by atoms with Gasteiger partial charge in [-0.1, -0.05) is 12.1 Å². The van der Waals surface area contributed by atoms with E-state index in [0.717, 1.165) is 29.5 Å². The molecule has 0 atom stereocenters. The number of benzene rings is 1. The summed E-state index contributed by atoms with van der Waals surface area (Å²) in [7, 11) is 1.64. The normalized spacial score (nSPS) is 13.9. The van der Waals surface area contributed by atoms with Crippen LogP contribution in [0.25, 0.3) is 0 Å². The van der Waals surface area contributed by atoms with Gasteiger partial charge in [-0.3, -0.25) is 9.48 Å². The van der Waals surface area contributed by atoms with Crippen LogP contribution in [-0.2, 0) is 17.8 Å².